The van der Waals surface area contributed by atoms with Crippen LogP contribution in [0.3, 0.4) is 0 Å². The van der Waals surface area contributed by atoms with E-state index in [0.29, 0.717) is 42.3 Å². The van der Waals surface area contributed by atoms with Gasteiger partial charge in [-0.2, -0.15) is 13.2 Å². The topological polar surface area (TPSA) is 77.7 Å². The summed E-state index contributed by atoms with van der Waals surface area (Å²) in [6.45, 7) is 0.818. The van der Waals surface area contributed by atoms with Crippen molar-refractivity contribution < 1.29 is 27.5 Å². The number of carbonyl (C=O) groups is 2. The second-order valence-corrected chi connectivity index (χ2v) is 10.3. The van der Waals surface area contributed by atoms with Gasteiger partial charge in [-0.05, 0) is 66.4 Å². The van der Waals surface area contributed by atoms with Crippen LogP contribution in [0.25, 0.3) is 10.9 Å². The Morgan fingerprint density at radius 3 is 2.36 bits per heavy atom. The molecule has 1 aromatic heterocycles. The summed E-state index contributed by atoms with van der Waals surface area (Å²) in [6.07, 6.45) is -1.55. The van der Waals surface area contributed by atoms with E-state index in [4.69, 9.17) is 16.3 Å². The number of hydrogen-bond donors (Lipinski definition) is 2. The van der Waals surface area contributed by atoms with Gasteiger partial charge in [-0.25, -0.2) is 4.79 Å². The molecule has 0 bridgehead atoms. The number of urea groups is 1. The summed E-state index contributed by atoms with van der Waals surface area (Å²) in [4.78, 5) is 33.1. The molecular weight excluding hydrogens is 569 g/mol. The number of amides is 3. The van der Waals surface area contributed by atoms with Crippen molar-refractivity contribution in [2.24, 2.45) is 0 Å². The molecule has 3 aromatic carbocycles. The second kappa shape index (κ2) is 14.2. The molecule has 0 atom stereocenters. The first-order valence-corrected chi connectivity index (χ1v) is 13.8. The van der Waals surface area contributed by atoms with E-state index in [1.165, 1.54) is 17.0 Å². The van der Waals surface area contributed by atoms with E-state index in [1.54, 1.807) is 36.3 Å². The van der Waals surface area contributed by atoms with E-state index >= 15 is 0 Å². The molecule has 0 saturated carbocycles. The van der Waals surface area contributed by atoms with Gasteiger partial charge in [0.25, 0.3) is 0 Å². The molecule has 4 aromatic rings. The van der Waals surface area contributed by atoms with Crippen molar-refractivity contribution in [2.45, 2.75) is 25.6 Å². The predicted molar refractivity (Wildman–Crippen MR) is 157 cm³/mol. The Kier molecular flexibility index (Phi) is 10.5. The van der Waals surface area contributed by atoms with Crippen molar-refractivity contribution in [1.82, 2.24) is 14.8 Å². The molecule has 0 radical (unpaired) electrons. The number of rotatable bonds is 12. The van der Waals surface area contributed by atoms with Crippen LogP contribution in [0.4, 0.5) is 23.7 Å². The number of methoxy groups -OCH3 is 1. The number of carbonyl (C=O) groups excluding carboxylic acids is 2. The fraction of sp³-hybridized carbons (Fsp3) is 0.290. The van der Waals surface area contributed by atoms with E-state index in [2.05, 4.69) is 10.3 Å². The van der Waals surface area contributed by atoms with Crippen LogP contribution in [0.5, 0.6) is 0 Å². The molecule has 0 aliphatic heterocycles. The highest BCUT2D eigenvalue weighted by Gasteiger charge is 2.30. The van der Waals surface area contributed by atoms with Crippen LogP contribution in [0, 0.1) is 0 Å². The standard InChI is InChI=1S/C31H32ClF3N4O3/c1-42-18-4-16-39(30(41)37-26-13-11-25(32)12-14-26)21-29(40)38(20-22-7-9-24(10-8-22)31(33,34)35)17-15-23-19-36-28-6-3-2-5-27(23)28/h2-3,5-14,19,36H,4,15-18,20-21H2,1H3,(H,37,41). The molecule has 7 nitrogen and oxygen atoms in total. The highest BCUT2D eigenvalue weighted by molar-refractivity contribution is 6.30. The van der Waals surface area contributed by atoms with Crippen LogP contribution < -0.4 is 5.32 Å². The molecule has 42 heavy (non-hydrogen) atoms. The maximum atomic E-state index is 13.7. The van der Waals surface area contributed by atoms with Gasteiger partial charge in [-0.1, -0.05) is 41.9 Å². The number of anilines is 1. The predicted octanol–water partition coefficient (Wildman–Crippen LogP) is 6.98. The van der Waals surface area contributed by atoms with Crippen LogP contribution in [-0.4, -0.2) is 60.1 Å². The van der Waals surface area contributed by atoms with Crippen LogP contribution in [0.2, 0.25) is 5.02 Å². The number of H-pyrrole nitrogens is 1. The van der Waals surface area contributed by atoms with Crippen LogP contribution in [0.1, 0.15) is 23.1 Å². The first-order valence-electron chi connectivity index (χ1n) is 13.4. The van der Waals surface area contributed by atoms with E-state index in [0.717, 1.165) is 28.6 Å². The van der Waals surface area contributed by atoms with E-state index < -0.39 is 17.8 Å². The molecule has 11 heteroatoms. The Bertz CT molecular complexity index is 1470. The average Bonchev–Trinajstić information content (AvgIpc) is 3.38. The fourth-order valence-electron chi connectivity index (χ4n) is 4.56. The number of halogens is 4. The lowest BCUT2D eigenvalue weighted by molar-refractivity contribution is -0.137. The number of nitrogens with one attached hydrogen (secondary N) is 2. The van der Waals surface area contributed by atoms with Crippen LogP contribution >= 0.6 is 11.6 Å². The normalized spacial score (nSPS) is 11.5. The van der Waals surface area contributed by atoms with Gasteiger partial charge in [0.15, 0.2) is 0 Å². The molecule has 3 amide bonds. The number of ether oxygens (including phenoxy) is 1. The SMILES string of the molecule is COCCCN(CC(=O)N(CCc1c[nH]c2ccccc12)Cc1ccc(C(F)(F)F)cc1)C(=O)Nc1ccc(Cl)cc1. The number of aromatic amines is 1. The van der Waals surface area contributed by atoms with Crippen LogP contribution in [-0.2, 0) is 28.7 Å². The molecule has 1 heterocycles. The Hall–Kier alpha value is -4.02. The lowest BCUT2D eigenvalue weighted by atomic mass is 10.1. The molecule has 0 saturated heterocycles. The third-order valence-corrected chi connectivity index (χ3v) is 7.07. The van der Waals surface area contributed by atoms with Gasteiger partial charge in [0.05, 0.1) is 5.56 Å². The molecular formula is C31H32ClF3N4O3. The third kappa shape index (κ3) is 8.50. The number of hydrogen-bond acceptors (Lipinski definition) is 3. The minimum absolute atomic E-state index is 0.0873. The van der Waals surface area contributed by atoms with Crippen molar-refractivity contribution in [3.05, 3.63) is 101 Å². The minimum atomic E-state index is -4.45. The molecule has 0 spiro atoms. The first kappa shape index (κ1) is 30.9. The Balaban J connectivity index is 1.53. The number of para-hydroxylation sites is 1. The van der Waals surface area contributed by atoms with Crippen molar-refractivity contribution in [3.63, 3.8) is 0 Å². The van der Waals surface area contributed by atoms with Crippen molar-refractivity contribution in [3.8, 4) is 0 Å². The first-order chi connectivity index (χ1) is 20.1. The van der Waals surface area contributed by atoms with E-state index in [1.807, 2.05) is 30.5 Å². The Morgan fingerprint density at radius 2 is 1.67 bits per heavy atom. The highest BCUT2D eigenvalue weighted by Crippen LogP contribution is 2.29. The molecule has 0 aliphatic carbocycles. The van der Waals surface area contributed by atoms with Crippen molar-refractivity contribution in [2.75, 3.05) is 38.7 Å². The lowest BCUT2D eigenvalue weighted by Crippen LogP contribution is -2.45. The van der Waals surface area contributed by atoms with E-state index in [-0.39, 0.29) is 25.5 Å². The van der Waals surface area contributed by atoms with Gasteiger partial charge in [0, 0.05) is 61.2 Å². The lowest BCUT2D eigenvalue weighted by Gasteiger charge is -2.28. The summed E-state index contributed by atoms with van der Waals surface area (Å²) >= 11 is 5.95. The van der Waals surface area contributed by atoms with Crippen LogP contribution in [0.15, 0.2) is 79.0 Å². The van der Waals surface area contributed by atoms with Gasteiger partial charge in [0.2, 0.25) is 5.91 Å². The molecule has 0 fully saturated rings. The minimum Gasteiger partial charge on any atom is -0.385 e. The smallest absolute Gasteiger partial charge is 0.385 e. The van der Waals surface area contributed by atoms with E-state index in [9.17, 15) is 22.8 Å². The zero-order valence-electron chi connectivity index (χ0n) is 23.1. The second-order valence-electron chi connectivity index (χ2n) is 9.82. The highest BCUT2D eigenvalue weighted by atomic mass is 35.5. The van der Waals surface area contributed by atoms with Gasteiger partial charge in [-0.3, -0.25) is 4.79 Å². The summed E-state index contributed by atoms with van der Waals surface area (Å²) in [5.41, 5.74) is 2.29. The van der Waals surface area contributed by atoms with Gasteiger partial charge < -0.3 is 24.8 Å². The van der Waals surface area contributed by atoms with Gasteiger partial charge in [-0.15, -0.1) is 0 Å². The molecule has 222 valence electrons. The molecule has 0 unspecified atom stereocenters. The number of aromatic nitrogens is 1. The number of alkyl halides is 3. The maximum Gasteiger partial charge on any atom is 0.416 e. The summed E-state index contributed by atoms with van der Waals surface area (Å²) in [7, 11) is 1.56. The summed E-state index contributed by atoms with van der Waals surface area (Å²) < 4.78 is 44.5. The number of fused-ring (bicyclic) bond motifs is 1. The quantitative estimate of drug-likeness (QED) is 0.172. The summed E-state index contributed by atoms with van der Waals surface area (Å²) in [5, 5.41) is 4.34. The summed E-state index contributed by atoms with van der Waals surface area (Å²) in [6, 6.07) is 18.7. The largest absolute Gasteiger partial charge is 0.416 e. The number of nitrogens with zero attached hydrogens (tertiary/aromatic N) is 2. The molecule has 2 N–H and O–H groups in total. The zero-order chi connectivity index (χ0) is 30.1. The third-order valence-electron chi connectivity index (χ3n) is 6.82. The zero-order valence-corrected chi connectivity index (χ0v) is 23.8. The van der Waals surface area contributed by atoms with Crippen molar-refractivity contribution >= 4 is 40.1 Å². The monoisotopic (exact) mass is 600 g/mol. The summed E-state index contributed by atoms with van der Waals surface area (Å²) in [5.74, 6) is -0.335. The van der Waals surface area contributed by atoms with Gasteiger partial charge in [0.1, 0.15) is 6.54 Å². The Morgan fingerprint density at radius 1 is 0.952 bits per heavy atom. The average molecular weight is 601 g/mol. The van der Waals surface area contributed by atoms with Crippen molar-refractivity contribution in [1.29, 1.82) is 0 Å². The fourth-order valence-corrected chi connectivity index (χ4v) is 4.68. The molecule has 0 aliphatic rings. The maximum absolute atomic E-state index is 13.7. The Labute approximate surface area is 247 Å². The van der Waals surface area contributed by atoms with Gasteiger partial charge >= 0.3 is 12.2 Å². The number of benzene rings is 3. The molecule has 4 rings (SSSR count).